The summed E-state index contributed by atoms with van der Waals surface area (Å²) in [5.41, 5.74) is 0.316. The molecule has 0 spiro atoms. The van der Waals surface area contributed by atoms with Crippen LogP contribution in [0.15, 0.2) is 77.7 Å². The summed E-state index contributed by atoms with van der Waals surface area (Å²) in [5, 5.41) is 2.75. The Bertz CT molecular complexity index is 1420. The highest BCUT2D eigenvalue weighted by Gasteiger charge is 2.34. The molecular weight excluding hydrogens is 537 g/mol. The maximum atomic E-state index is 14.6. The Balaban J connectivity index is 2.07. The standard InChI is InChI=1S/C29H34FN3O6S/c1-5-18-31-29(35)21(2)32(19-22-10-6-7-11-25(22)30)28(34)20-33(26-12-8-9-13-27(26)39-4)40(36,37)24-16-14-23(38-3)15-17-24/h6-17,21H,5,18-20H2,1-4H3,(H,31,35)/t21-/m0/s1. The van der Waals surface area contributed by atoms with E-state index in [9.17, 15) is 22.4 Å². The predicted molar refractivity (Wildman–Crippen MR) is 150 cm³/mol. The Labute approximate surface area is 234 Å². The number of ether oxygens (including phenoxy) is 2. The number of halogens is 1. The van der Waals surface area contributed by atoms with Gasteiger partial charge in [0.25, 0.3) is 10.0 Å². The summed E-state index contributed by atoms with van der Waals surface area (Å²) in [6.07, 6.45) is 0.682. The molecule has 0 radical (unpaired) electrons. The molecule has 0 heterocycles. The van der Waals surface area contributed by atoms with Crippen molar-refractivity contribution in [1.82, 2.24) is 10.2 Å². The summed E-state index contributed by atoms with van der Waals surface area (Å²) in [6, 6.07) is 17.0. The van der Waals surface area contributed by atoms with Gasteiger partial charge in [-0.25, -0.2) is 12.8 Å². The third-order valence-electron chi connectivity index (χ3n) is 6.30. The zero-order chi connectivity index (χ0) is 29.3. The molecule has 0 aliphatic carbocycles. The van der Waals surface area contributed by atoms with Gasteiger partial charge in [0.1, 0.15) is 29.9 Å². The second-order valence-corrected chi connectivity index (χ2v) is 10.8. The van der Waals surface area contributed by atoms with E-state index in [2.05, 4.69) is 5.32 Å². The molecule has 1 atom stereocenters. The topological polar surface area (TPSA) is 105 Å². The normalized spacial score (nSPS) is 11.8. The first-order chi connectivity index (χ1) is 19.1. The van der Waals surface area contributed by atoms with Crippen molar-refractivity contribution in [3.8, 4) is 11.5 Å². The van der Waals surface area contributed by atoms with Crippen LogP contribution in [0.1, 0.15) is 25.8 Å². The fourth-order valence-corrected chi connectivity index (χ4v) is 5.44. The lowest BCUT2D eigenvalue weighted by Gasteiger charge is -2.32. The Morgan fingerprint density at radius 3 is 2.23 bits per heavy atom. The fraction of sp³-hybridized carbons (Fsp3) is 0.310. The maximum absolute atomic E-state index is 14.6. The van der Waals surface area contributed by atoms with Gasteiger partial charge in [-0.05, 0) is 55.8 Å². The molecule has 2 amide bonds. The van der Waals surface area contributed by atoms with Crippen LogP contribution >= 0.6 is 0 Å². The number of benzene rings is 3. The molecule has 1 N–H and O–H groups in total. The third kappa shape index (κ3) is 7.09. The van der Waals surface area contributed by atoms with E-state index < -0.39 is 40.2 Å². The van der Waals surface area contributed by atoms with Crippen LogP contribution in [0.4, 0.5) is 10.1 Å². The van der Waals surface area contributed by atoms with Gasteiger partial charge in [0.05, 0.1) is 24.8 Å². The number of rotatable bonds is 13. The Morgan fingerprint density at radius 2 is 1.60 bits per heavy atom. The Hall–Kier alpha value is -4.12. The molecule has 0 aliphatic heterocycles. The van der Waals surface area contributed by atoms with Crippen molar-refractivity contribution >= 4 is 27.5 Å². The smallest absolute Gasteiger partial charge is 0.264 e. The van der Waals surface area contributed by atoms with Gasteiger partial charge >= 0.3 is 0 Å². The highest BCUT2D eigenvalue weighted by molar-refractivity contribution is 7.92. The minimum atomic E-state index is -4.31. The molecule has 0 saturated carbocycles. The molecule has 3 rings (SSSR count). The molecule has 0 aliphatic rings. The third-order valence-corrected chi connectivity index (χ3v) is 8.07. The van der Waals surface area contributed by atoms with Crippen molar-refractivity contribution in [2.75, 3.05) is 31.6 Å². The van der Waals surface area contributed by atoms with E-state index in [1.54, 1.807) is 24.3 Å². The summed E-state index contributed by atoms with van der Waals surface area (Å²) in [5.74, 6) is -1.00. The summed E-state index contributed by atoms with van der Waals surface area (Å²) in [7, 11) is -1.45. The van der Waals surface area contributed by atoms with Gasteiger partial charge in [-0.1, -0.05) is 37.3 Å². The van der Waals surface area contributed by atoms with Gasteiger partial charge in [0.15, 0.2) is 0 Å². The quantitative estimate of drug-likeness (QED) is 0.333. The van der Waals surface area contributed by atoms with Crippen molar-refractivity contribution in [1.29, 1.82) is 0 Å². The van der Waals surface area contributed by atoms with E-state index in [1.165, 1.54) is 74.6 Å². The molecule has 214 valence electrons. The summed E-state index contributed by atoms with van der Waals surface area (Å²) in [6.45, 7) is 2.89. The number of anilines is 1. The number of para-hydroxylation sites is 2. The Morgan fingerprint density at radius 1 is 0.950 bits per heavy atom. The van der Waals surface area contributed by atoms with Crippen LogP contribution in [0.3, 0.4) is 0 Å². The van der Waals surface area contributed by atoms with Gasteiger partial charge in [0, 0.05) is 18.7 Å². The number of amides is 2. The predicted octanol–water partition coefficient (Wildman–Crippen LogP) is 3.98. The fourth-order valence-electron chi connectivity index (χ4n) is 4.01. The lowest BCUT2D eigenvalue weighted by atomic mass is 10.1. The first kappa shape index (κ1) is 30.4. The summed E-state index contributed by atoms with van der Waals surface area (Å²) in [4.78, 5) is 27.9. The summed E-state index contributed by atoms with van der Waals surface area (Å²) < 4.78 is 54.0. The number of methoxy groups -OCH3 is 2. The number of hydrogen-bond acceptors (Lipinski definition) is 6. The maximum Gasteiger partial charge on any atom is 0.264 e. The SMILES string of the molecule is CCCNC(=O)[C@H](C)N(Cc1ccccc1F)C(=O)CN(c1ccccc1OC)S(=O)(=O)c1ccc(OC)cc1. The van der Waals surface area contributed by atoms with Gasteiger partial charge in [-0.2, -0.15) is 0 Å². The number of carbonyl (C=O) groups is 2. The zero-order valence-corrected chi connectivity index (χ0v) is 23.8. The van der Waals surface area contributed by atoms with Gasteiger partial charge < -0.3 is 19.7 Å². The monoisotopic (exact) mass is 571 g/mol. The molecule has 3 aromatic rings. The molecule has 0 bridgehead atoms. The van der Waals surface area contributed by atoms with Gasteiger partial charge in [0.2, 0.25) is 11.8 Å². The van der Waals surface area contributed by atoms with Gasteiger partial charge in [-0.3, -0.25) is 13.9 Å². The second kappa shape index (κ2) is 13.8. The molecule has 0 saturated heterocycles. The lowest BCUT2D eigenvalue weighted by Crippen LogP contribution is -2.51. The van der Waals surface area contributed by atoms with Crippen LogP contribution < -0.4 is 19.1 Å². The average molecular weight is 572 g/mol. The molecule has 11 heteroatoms. The van der Waals surface area contributed by atoms with Crippen LogP contribution in [0.25, 0.3) is 0 Å². The zero-order valence-electron chi connectivity index (χ0n) is 23.0. The van der Waals surface area contributed by atoms with Crippen LogP contribution in [0, 0.1) is 5.82 Å². The number of carbonyl (C=O) groups excluding carboxylic acids is 2. The molecule has 3 aromatic carbocycles. The van der Waals surface area contributed by atoms with Crippen molar-refractivity contribution in [3.63, 3.8) is 0 Å². The van der Waals surface area contributed by atoms with E-state index in [1.807, 2.05) is 6.92 Å². The average Bonchev–Trinajstić information content (AvgIpc) is 2.97. The van der Waals surface area contributed by atoms with E-state index in [0.29, 0.717) is 18.7 Å². The van der Waals surface area contributed by atoms with Gasteiger partial charge in [-0.15, -0.1) is 0 Å². The van der Waals surface area contributed by atoms with Crippen LogP contribution in [-0.4, -0.2) is 58.5 Å². The number of nitrogens with zero attached hydrogens (tertiary/aromatic N) is 2. The van der Waals surface area contributed by atoms with Crippen LogP contribution in [0.5, 0.6) is 11.5 Å². The molecule has 0 fully saturated rings. The first-order valence-corrected chi connectivity index (χ1v) is 14.2. The molecule has 0 aromatic heterocycles. The van der Waals surface area contributed by atoms with Crippen molar-refractivity contribution in [2.24, 2.45) is 0 Å². The van der Waals surface area contributed by atoms with Crippen molar-refractivity contribution < 1.29 is 31.9 Å². The largest absolute Gasteiger partial charge is 0.497 e. The van der Waals surface area contributed by atoms with E-state index in [-0.39, 0.29) is 28.4 Å². The van der Waals surface area contributed by atoms with E-state index in [4.69, 9.17) is 9.47 Å². The highest BCUT2D eigenvalue weighted by Crippen LogP contribution is 2.33. The molecular formula is C29H34FN3O6S. The van der Waals surface area contributed by atoms with Crippen molar-refractivity contribution in [3.05, 3.63) is 84.2 Å². The van der Waals surface area contributed by atoms with E-state index >= 15 is 0 Å². The molecule has 40 heavy (non-hydrogen) atoms. The van der Waals surface area contributed by atoms with E-state index in [0.717, 1.165) is 4.31 Å². The Kier molecular flexibility index (Phi) is 10.5. The minimum Gasteiger partial charge on any atom is -0.497 e. The summed E-state index contributed by atoms with van der Waals surface area (Å²) >= 11 is 0. The lowest BCUT2D eigenvalue weighted by molar-refractivity contribution is -0.139. The first-order valence-electron chi connectivity index (χ1n) is 12.7. The van der Waals surface area contributed by atoms with Crippen LogP contribution in [-0.2, 0) is 26.2 Å². The highest BCUT2D eigenvalue weighted by atomic mass is 32.2. The molecule has 0 unspecified atom stereocenters. The number of sulfonamides is 1. The molecule has 9 nitrogen and oxygen atoms in total. The number of nitrogens with one attached hydrogen (secondary N) is 1. The van der Waals surface area contributed by atoms with Crippen LogP contribution in [0.2, 0.25) is 0 Å². The minimum absolute atomic E-state index is 0.0820. The second-order valence-electron chi connectivity index (χ2n) is 8.94. The number of hydrogen-bond donors (Lipinski definition) is 1. The van der Waals surface area contributed by atoms with Crippen molar-refractivity contribution in [2.45, 2.75) is 37.8 Å².